The number of carbonyl (C=O) groups is 1. The minimum Gasteiger partial charge on any atom is -0.494 e. The highest BCUT2D eigenvalue weighted by Crippen LogP contribution is 2.37. The fourth-order valence-corrected chi connectivity index (χ4v) is 4.30. The third kappa shape index (κ3) is 4.09. The van der Waals surface area contributed by atoms with Crippen LogP contribution in [0, 0.1) is 6.92 Å². The second-order valence-corrected chi connectivity index (χ2v) is 8.36. The van der Waals surface area contributed by atoms with Gasteiger partial charge in [0.15, 0.2) is 4.32 Å². The normalized spacial score (nSPS) is 15.9. The molecule has 0 bridgehead atoms. The average Bonchev–Trinajstić information content (AvgIpc) is 2.91. The second kappa shape index (κ2) is 8.28. The minimum absolute atomic E-state index is 0.0735. The van der Waals surface area contributed by atoms with Crippen molar-refractivity contribution < 1.29 is 9.53 Å². The first-order chi connectivity index (χ1) is 12.9. The number of anilines is 1. The summed E-state index contributed by atoms with van der Waals surface area (Å²) in [4.78, 5) is 15.2. The Morgan fingerprint density at radius 2 is 1.93 bits per heavy atom. The summed E-state index contributed by atoms with van der Waals surface area (Å²) in [7, 11) is 0. The Kier molecular flexibility index (Phi) is 6.02. The van der Waals surface area contributed by atoms with Crippen LogP contribution in [0.4, 0.5) is 5.69 Å². The van der Waals surface area contributed by atoms with E-state index < -0.39 is 0 Å². The first-order valence-electron chi connectivity index (χ1n) is 9.02. The maximum Gasteiger partial charge on any atom is 0.270 e. The molecule has 3 rings (SSSR count). The van der Waals surface area contributed by atoms with Crippen LogP contribution in [0.1, 0.15) is 43.4 Å². The summed E-state index contributed by atoms with van der Waals surface area (Å²) in [5.41, 5.74) is 4.05. The molecule has 3 nitrogen and oxygen atoms in total. The van der Waals surface area contributed by atoms with E-state index in [9.17, 15) is 4.79 Å². The van der Waals surface area contributed by atoms with Gasteiger partial charge in [-0.3, -0.25) is 9.69 Å². The molecule has 2 aromatic rings. The topological polar surface area (TPSA) is 29.5 Å². The largest absolute Gasteiger partial charge is 0.494 e. The highest BCUT2D eigenvalue weighted by molar-refractivity contribution is 8.27. The number of amides is 1. The van der Waals surface area contributed by atoms with Crippen LogP contribution in [-0.2, 0) is 4.79 Å². The first kappa shape index (κ1) is 19.6. The van der Waals surface area contributed by atoms with E-state index in [4.69, 9.17) is 17.0 Å². The fourth-order valence-electron chi connectivity index (χ4n) is 3.01. The van der Waals surface area contributed by atoms with Crippen LogP contribution in [0.3, 0.4) is 0 Å². The smallest absolute Gasteiger partial charge is 0.270 e. The summed E-state index contributed by atoms with van der Waals surface area (Å²) in [6.45, 7) is 8.95. The zero-order valence-electron chi connectivity index (χ0n) is 16.0. The highest BCUT2D eigenvalue weighted by atomic mass is 32.2. The SMILES string of the molecule is CCOc1cc(C)c(/C=C2/SC(=S)N(c3ccccc3)C2=O)cc1C(C)C. The fraction of sp³-hybridized carbons (Fsp3) is 0.273. The number of para-hydroxylation sites is 1. The molecule has 0 N–H and O–H groups in total. The van der Waals surface area contributed by atoms with E-state index in [1.807, 2.05) is 50.3 Å². The number of ether oxygens (including phenoxy) is 1. The van der Waals surface area contributed by atoms with Gasteiger partial charge in [0, 0.05) is 0 Å². The van der Waals surface area contributed by atoms with Crippen LogP contribution in [0.25, 0.3) is 6.08 Å². The maximum atomic E-state index is 12.9. The van der Waals surface area contributed by atoms with Crippen LogP contribution in [-0.4, -0.2) is 16.8 Å². The van der Waals surface area contributed by atoms with E-state index in [-0.39, 0.29) is 5.91 Å². The Hall–Kier alpha value is -2.11. The van der Waals surface area contributed by atoms with E-state index in [2.05, 4.69) is 26.0 Å². The molecular weight excluding hydrogens is 374 g/mol. The molecule has 1 aliphatic rings. The molecule has 5 heteroatoms. The Morgan fingerprint density at radius 3 is 2.56 bits per heavy atom. The van der Waals surface area contributed by atoms with Gasteiger partial charge >= 0.3 is 0 Å². The number of thiocarbonyl (C=S) groups is 1. The zero-order valence-corrected chi connectivity index (χ0v) is 17.6. The number of benzene rings is 2. The van der Waals surface area contributed by atoms with Gasteiger partial charge in [-0.15, -0.1) is 0 Å². The quantitative estimate of drug-likeness (QED) is 0.462. The third-order valence-corrected chi connectivity index (χ3v) is 5.72. The molecule has 140 valence electrons. The second-order valence-electron chi connectivity index (χ2n) is 6.69. The summed E-state index contributed by atoms with van der Waals surface area (Å²) in [5.74, 6) is 1.17. The van der Waals surface area contributed by atoms with Crippen molar-refractivity contribution in [3.05, 3.63) is 64.1 Å². The predicted molar refractivity (Wildman–Crippen MR) is 119 cm³/mol. The molecule has 0 aliphatic carbocycles. The minimum atomic E-state index is -0.0735. The molecule has 1 heterocycles. The zero-order chi connectivity index (χ0) is 19.6. The maximum absolute atomic E-state index is 12.9. The lowest BCUT2D eigenvalue weighted by atomic mass is 9.96. The molecule has 0 radical (unpaired) electrons. The van der Waals surface area contributed by atoms with Crippen molar-refractivity contribution in [2.75, 3.05) is 11.5 Å². The number of nitrogens with zero attached hydrogens (tertiary/aromatic N) is 1. The van der Waals surface area contributed by atoms with Crippen LogP contribution in [0.5, 0.6) is 5.75 Å². The number of thioether (sulfide) groups is 1. The molecule has 2 aromatic carbocycles. The lowest BCUT2D eigenvalue weighted by molar-refractivity contribution is -0.113. The van der Waals surface area contributed by atoms with Crippen LogP contribution < -0.4 is 9.64 Å². The predicted octanol–water partition coefficient (Wildman–Crippen LogP) is 5.92. The van der Waals surface area contributed by atoms with Gasteiger partial charge in [0.2, 0.25) is 0 Å². The van der Waals surface area contributed by atoms with Gasteiger partial charge in [-0.1, -0.05) is 56.0 Å². The number of aryl methyl sites for hydroxylation is 1. The monoisotopic (exact) mass is 397 g/mol. The molecule has 1 amide bonds. The number of carbonyl (C=O) groups excluding carboxylic acids is 1. The molecule has 0 unspecified atom stereocenters. The number of hydrogen-bond donors (Lipinski definition) is 0. The van der Waals surface area contributed by atoms with Gasteiger partial charge in [-0.2, -0.15) is 0 Å². The summed E-state index contributed by atoms with van der Waals surface area (Å²) in [5, 5.41) is 0. The summed E-state index contributed by atoms with van der Waals surface area (Å²) < 4.78 is 6.36. The van der Waals surface area contributed by atoms with Gasteiger partial charge < -0.3 is 4.74 Å². The lowest BCUT2D eigenvalue weighted by Crippen LogP contribution is -2.27. The third-order valence-electron chi connectivity index (χ3n) is 4.42. The van der Waals surface area contributed by atoms with Gasteiger partial charge in [-0.05, 0) is 66.8 Å². The summed E-state index contributed by atoms with van der Waals surface area (Å²) in [6.07, 6.45) is 1.94. The molecule has 0 spiro atoms. The Morgan fingerprint density at radius 1 is 1.22 bits per heavy atom. The van der Waals surface area contributed by atoms with Gasteiger partial charge in [-0.25, -0.2) is 0 Å². The number of hydrogen-bond acceptors (Lipinski definition) is 4. The van der Waals surface area contributed by atoms with Crippen molar-refractivity contribution in [2.45, 2.75) is 33.6 Å². The molecule has 1 fully saturated rings. The van der Waals surface area contributed by atoms with Gasteiger partial charge in [0.05, 0.1) is 17.2 Å². The number of rotatable bonds is 5. The van der Waals surface area contributed by atoms with Crippen molar-refractivity contribution in [3.8, 4) is 5.75 Å². The van der Waals surface area contributed by atoms with E-state index in [1.54, 1.807) is 4.90 Å². The van der Waals surface area contributed by atoms with E-state index >= 15 is 0 Å². The Bertz CT molecular complexity index is 904. The van der Waals surface area contributed by atoms with Crippen molar-refractivity contribution >= 4 is 46.0 Å². The summed E-state index contributed by atoms with van der Waals surface area (Å²) >= 11 is 6.80. The van der Waals surface area contributed by atoms with Gasteiger partial charge in [0.1, 0.15) is 5.75 Å². The molecule has 27 heavy (non-hydrogen) atoms. The molecular formula is C22H23NO2S2. The van der Waals surface area contributed by atoms with Crippen LogP contribution >= 0.6 is 24.0 Å². The average molecular weight is 398 g/mol. The Balaban J connectivity index is 1.98. The van der Waals surface area contributed by atoms with Crippen molar-refractivity contribution in [2.24, 2.45) is 0 Å². The van der Waals surface area contributed by atoms with Gasteiger partial charge in [0.25, 0.3) is 5.91 Å². The Labute approximate surface area is 170 Å². The van der Waals surface area contributed by atoms with E-state index in [1.165, 1.54) is 11.8 Å². The standard InChI is InChI=1S/C22H23NO2S2/c1-5-25-19-11-15(4)16(12-18(19)14(2)3)13-20-21(24)23(22(26)27-20)17-9-7-6-8-10-17/h6-14H,5H2,1-4H3/b20-13+. The molecule has 1 saturated heterocycles. The molecule has 0 atom stereocenters. The first-order valence-corrected chi connectivity index (χ1v) is 10.2. The molecule has 1 aliphatic heterocycles. The van der Waals surface area contributed by atoms with Crippen molar-refractivity contribution in [1.82, 2.24) is 0 Å². The van der Waals surface area contributed by atoms with E-state index in [0.717, 1.165) is 28.1 Å². The molecule has 0 aromatic heterocycles. The van der Waals surface area contributed by atoms with Crippen molar-refractivity contribution in [1.29, 1.82) is 0 Å². The van der Waals surface area contributed by atoms with Crippen LogP contribution in [0.15, 0.2) is 47.4 Å². The van der Waals surface area contributed by atoms with Crippen LogP contribution in [0.2, 0.25) is 0 Å². The highest BCUT2D eigenvalue weighted by Gasteiger charge is 2.33. The van der Waals surface area contributed by atoms with E-state index in [0.29, 0.717) is 21.8 Å². The lowest BCUT2D eigenvalue weighted by Gasteiger charge is -2.16. The molecule has 0 saturated carbocycles. The van der Waals surface area contributed by atoms with Crippen molar-refractivity contribution in [3.63, 3.8) is 0 Å². The summed E-state index contributed by atoms with van der Waals surface area (Å²) in [6, 6.07) is 13.7.